The van der Waals surface area contributed by atoms with E-state index in [1.165, 1.54) is 24.8 Å². The van der Waals surface area contributed by atoms with Gasteiger partial charge in [-0.3, -0.25) is 5.32 Å². The molecule has 1 aliphatic heterocycles. The molecule has 0 aliphatic carbocycles. The third-order valence-corrected chi connectivity index (χ3v) is 4.43. The second-order valence-electron chi connectivity index (χ2n) is 6.38. The molecule has 0 bridgehead atoms. The van der Waals surface area contributed by atoms with Crippen LogP contribution in [0.2, 0.25) is 0 Å². The average molecular weight is 285 g/mol. The Morgan fingerprint density at radius 1 is 1.29 bits per heavy atom. The molecule has 1 fully saturated rings. The number of nitrogens with zero attached hydrogens (tertiary/aromatic N) is 2. The lowest BCUT2D eigenvalue weighted by molar-refractivity contribution is 0.156. The summed E-state index contributed by atoms with van der Waals surface area (Å²) in [7, 11) is 0. The van der Waals surface area contributed by atoms with Crippen LogP contribution in [0, 0.1) is 17.2 Å². The van der Waals surface area contributed by atoms with Crippen molar-refractivity contribution in [1.82, 2.24) is 10.2 Å². The van der Waals surface area contributed by atoms with Gasteiger partial charge in [-0.15, -0.1) is 0 Å². The van der Waals surface area contributed by atoms with Gasteiger partial charge in [-0.2, -0.15) is 5.26 Å². The summed E-state index contributed by atoms with van der Waals surface area (Å²) >= 11 is 0. The minimum absolute atomic E-state index is 0.416. The summed E-state index contributed by atoms with van der Waals surface area (Å²) in [6.07, 6.45) is 3.67. The third kappa shape index (κ3) is 4.84. The summed E-state index contributed by atoms with van der Waals surface area (Å²) in [5, 5.41) is 12.7. The molecule has 114 valence electrons. The highest BCUT2D eigenvalue weighted by molar-refractivity contribution is 5.15. The van der Waals surface area contributed by atoms with Crippen LogP contribution in [0.3, 0.4) is 0 Å². The Bertz CT molecular complexity index is 457. The lowest BCUT2D eigenvalue weighted by atomic mass is 9.89. The maximum atomic E-state index is 9.35. The standard InChI is InChI=1S/C18H27N3/c1-3-20-18(2,14-19)15-21-11-9-17(10-12-21)13-16-7-5-4-6-8-16/h4-8,17,20H,3,9-13,15H2,1-2H3. The van der Waals surface area contributed by atoms with Crippen molar-refractivity contribution < 1.29 is 0 Å². The fourth-order valence-corrected chi connectivity index (χ4v) is 3.26. The molecule has 0 spiro atoms. The zero-order valence-corrected chi connectivity index (χ0v) is 13.3. The van der Waals surface area contributed by atoms with Crippen LogP contribution in [-0.4, -0.2) is 36.6 Å². The molecular formula is C18H27N3. The van der Waals surface area contributed by atoms with E-state index in [0.717, 1.165) is 32.1 Å². The molecule has 0 saturated carbocycles. The van der Waals surface area contributed by atoms with E-state index in [0.29, 0.717) is 0 Å². The molecule has 3 nitrogen and oxygen atoms in total. The van der Waals surface area contributed by atoms with Gasteiger partial charge in [0.15, 0.2) is 0 Å². The maximum absolute atomic E-state index is 9.35. The number of benzene rings is 1. The summed E-state index contributed by atoms with van der Waals surface area (Å²) in [5.41, 5.74) is 1.03. The number of rotatable bonds is 6. The molecule has 1 saturated heterocycles. The smallest absolute Gasteiger partial charge is 0.116 e. The van der Waals surface area contributed by atoms with E-state index in [4.69, 9.17) is 0 Å². The zero-order valence-electron chi connectivity index (χ0n) is 13.3. The fourth-order valence-electron chi connectivity index (χ4n) is 3.26. The van der Waals surface area contributed by atoms with Gasteiger partial charge in [-0.25, -0.2) is 0 Å². The van der Waals surface area contributed by atoms with Crippen molar-refractivity contribution in [2.24, 2.45) is 5.92 Å². The van der Waals surface area contributed by atoms with Crippen LogP contribution in [-0.2, 0) is 6.42 Å². The van der Waals surface area contributed by atoms with Crippen molar-refractivity contribution in [3.8, 4) is 6.07 Å². The normalized spacial score (nSPS) is 19.9. The van der Waals surface area contributed by atoms with Crippen LogP contribution in [0.15, 0.2) is 30.3 Å². The second kappa shape index (κ2) is 7.59. The largest absolute Gasteiger partial charge is 0.300 e. The maximum Gasteiger partial charge on any atom is 0.116 e. The van der Waals surface area contributed by atoms with Crippen molar-refractivity contribution in [1.29, 1.82) is 5.26 Å². The van der Waals surface area contributed by atoms with E-state index in [9.17, 15) is 5.26 Å². The Labute approximate surface area is 129 Å². The molecule has 0 radical (unpaired) electrons. The van der Waals surface area contributed by atoms with Crippen LogP contribution in [0.1, 0.15) is 32.3 Å². The quantitative estimate of drug-likeness (QED) is 0.873. The summed E-state index contributed by atoms with van der Waals surface area (Å²) in [5.74, 6) is 0.788. The van der Waals surface area contributed by atoms with Gasteiger partial charge in [-0.05, 0) is 57.3 Å². The Morgan fingerprint density at radius 3 is 2.52 bits per heavy atom. The van der Waals surface area contributed by atoms with Crippen molar-refractivity contribution in [2.75, 3.05) is 26.2 Å². The van der Waals surface area contributed by atoms with Crippen molar-refractivity contribution in [3.63, 3.8) is 0 Å². The van der Waals surface area contributed by atoms with Crippen LogP contribution in [0.5, 0.6) is 0 Å². The highest BCUT2D eigenvalue weighted by atomic mass is 15.2. The number of likely N-dealkylation sites (N-methyl/N-ethyl adjacent to an activating group) is 1. The monoisotopic (exact) mass is 285 g/mol. The SMILES string of the molecule is CCNC(C)(C#N)CN1CCC(Cc2ccccc2)CC1. The van der Waals surface area contributed by atoms with E-state index in [1.807, 2.05) is 6.92 Å². The van der Waals surface area contributed by atoms with E-state index in [1.54, 1.807) is 0 Å². The number of nitrogens with one attached hydrogen (secondary N) is 1. The molecule has 1 unspecified atom stereocenters. The lowest BCUT2D eigenvalue weighted by Gasteiger charge is -2.36. The van der Waals surface area contributed by atoms with Gasteiger partial charge < -0.3 is 4.90 Å². The minimum atomic E-state index is -0.416. The molecule has 1 N–H and O–H groups in total. The molecular weight excluding hydrogens is 258 g/mol. The number of nitriles is 1. The van der Waals surface area contributed by atoms with E-state index in [2.05, 4.69) is 53.5 Å². The highest BCUT2D eigenvalue weighted by Crippen LogP contribution is 2.22. The first-order valence-electron chi connectivity index (χ1n) is 8.08. The molecule has 21 heavy (non-hydrogen) atoms. The molecule has 1 aromatic carbocycles. The first kappa shape index (κ1) is 16.0. The number of likely N-dealkylation sites (tertiary alicyclic amines) is 1. The van der Waals surface area contributed by atoms with Gasteiger partial charge in [0.1, 0.15) is 5.54 Å². The molecule has 0 amide bonds. The third-order valence-electron chi connectivity index (χ3n) is 4.43. The summed E-state index contributed by atoms with van der Waals surface area (Å²) in [6, 6.07) is 13.2. The highest BCUT2D eigenvalue weighted by Gasteiger charge is 2.28. The molecule has 1 atom stereocenters. The fraction of sp³-hybridized carbons (Fsp3) is 0.611. The van der Waals surface area contributed by atoms with Crippen LogP contribution in [0.4, 0.5) is 0 Å². The zero-order chi connectivity index (χ0) is 15.1. The van der Waals surface area contributed by atoms with Gasteiger partial charge in [0.05, 0.1) is 6.07 Å². The summed E-state index contributed by atoms with van der Waals surface area (Å²) in [6.45, 7) is 7.96. The molecule has 3 heteroatoms. The van der Waals surface area contributed by atoms with Gasteiger partial charge in [0, 0.05) is 6.54 Å². The van der Waals surface area contributed by atoms with Gasteiger partial charge in [-0.1, -0.05) is 37.3 Å². The van der Waals surface area contributed by atoms with Crippen molar-refractivity contribution >= 4 is 0 Å². The van der Waals surface area contributed by atoms with Crippen LogP contribution in [0.25, 0.3) is 0 Å². The van der Waals surface area contributed by atoms with Crippen LogP contribution >= 0.6 is 0 Å². The van der Waals surface area contributed by atoms with Gasteiger partial charge in [0.25, 0.3) is 0 Å². The molecule has 1 aliphatic rings. The molecule has 0 aromatic heterocycles. The van der Waals surface area contributed by atoms with E-state index in [-0.39, 0.29) is 0 Å². The van der Waals surface area contributed by atoms with Crippen molar-refractivity contribution in [3.05, 3.63) is 35.9 Å². The number of piperidine rings is 1. The van der Waals surface area contributed by atoms with Gasteiger partial charge in [0.2, 0.25) is 0 Å². The Morgan fingerprint density at radius 2 is 1.95 bits per heavy atom. The first-order valence-corrected chi connectivity index (χ1v) is 8.08. The topological polar surface area (TPSA) is 39.1 Å². The lowest BCUT2D eigenvalue weighted by Crippen LogP contribution is -2.52. The number of hydrogen-bond donors (Lipinski definition) is 1. The average Bonchev–Trinajstić information content (AvgIpc) is 2.51. The van der Waals surface area contributed by atoms with E-state index < -0.39 is 5.54 Å². The molecule has 1 aromatic rings. The molecule has 2 rings (SSSR count). The second-order valence-corrected chi connectivity index (χ2v) is 6.38. The number of hydrogen-bond acceptors (Lipinski definition) is 3. The minimum Gasteiger partial charge on any atom is -0.300 e. The van der Waals surface area contributed by atoms with E-state index >= 15 is 0 Å². The Hall–Kier alpha value is -1.37. The first-order chi connectivity index (χ1) is 10.1. The van der Waals surface area contributed by atoms with Gasteiger partial charge >= 0.3 is 0 Å². The Kier molecular flexibility index (Phi) is 5.78. The predicted molar refractivity (Wildman–Crippen MR) is 87.0 cm³/mol. The summed E-state index contributed by atoms with van der Waals surface area (Å²) < 4.78 is 0. The van der Waals surface area contributed by atoms with Crippen LogP contribution < -0.4 is 5.32 Å². The molecule has 1 heterocycles. The van der Waals surface area contributed by atoms with Crippen molar-refractivity contribution in [2.45, 2.75) is 38.6 Å². The summed E-state index contributed by atoms with van der Waals surface area (Å²) in [4.78, 5) is 2.44. The predicted octanol–water partition coefficient (Wildman–Crippen LogP) is 2.83. The Balaban J connectivity index is 1.79.